The van der Waals surface area contributed by atoms with Crippen LogP contribution in [0.3, 0.4) is 0 Å². The van der Waals surface area contributed by atoms with Crippen molar-refractivity contribution in [3.8, 4) is 11.4 Å². The Morgan fingerprint density at radius 2 is 1.96 bits per heavy atom. The third-order valence-corrected chi connectivity index (χ3v) is 5.07. The van der Waals surface area contributed by atoms with E-state index < -0.39 is 0 Å². The minimum atomic E-state index is -0.000920. The van der Waals surface area contributed by atoms with Crippen LogP contribution in [0.15, 0.2) is 59.8 Å². The van der Waals surface area contributed by atoms with E-state index in [0.717, 1.165) is 16.7 Å². The number of benzene rings is 2. The van der Waals surface area contributed by atoms with Gasteiger partial charge in [0.1, 0.15) is 0 Å². The lowest BCUT2D eigenvalue weighted by Gasteiger charge is -2.20. The van der Waals surface area contributed by atoms with Gasteiger partial charge in [0, 0.05) is 17.2 Å². The van der Waals surface area contributed by atoms with E-state index in [1.807, 2.05) is 49.4 Å². The number of rotatable bonds is 2. The quantitative estimate of drug-likeness (QED) is 0.712. The fraction of sp³-hybridized carbons (Fsp3) is 0.167. The van der Waals surface area contributed by atoms with Crippen molar-refractivity contribution in [3.63, 3.8) is 0 Å². The molecule has 0 spiro atoms. The van der Waals surface area contributed by atoms with E-state index in [1.54, 1.807) is 11.8 Å². The minimum absolute atomic E-state index is 0.000920. The molecule has 0 saturated carbocycles. The molecule has 1 unspecified atom stereocenters. The second-order valence-electron chi connectivity index (χ2n) is 5.61. The third kappa shape index (κ3) is 2.68. The summed E-state index contributed by atoms with van der Waals surface area (Å²) in [6, 6.07) is 18.1. The van der Waals surface area contributed by atoms with Crippen LogP contribution in [0.2, 0.25) is 0 Å². The SMILES string of the molecule is Cc1cccc(-c2nc3n(n2)C(=O)CC(c2ccccc2)S3)c1. The highest BCUT2D eigenvalue weighted by Crippen LogP contribution is 2.41. The van der Waals surface area contributed by atoms with Crippen LogP contribution in [0.5, 0.6) is 0 Å². The Labute approximate surface area is 138 Å². The Balaban J connectivity index is 1.70. The van der Waals surface area contributed by atoms with Gasteiger partial charge in [-0.3, -0.25) is 4.79 Å². The smallest absolute Gasteiger partial charge is 0.250 e. The van der Waals surface area contributed by atoms with Crippen molar-refractivity contribution in [1.82, 2.24) is 14.8 Å². The van der Waals surface area contributed by atoms with E-state index in [2.05, 4.69) is 22.2 Å². The van der Waals surface area contributed by atoms with Gasteiger partial charge in [-0.2, -0.15) is 4.68 Å². The Hall–Kier alpha value is -2.40. The summed E-state index contributed by atoms with van der Waals surface area (Å²) in [4.78, 5) is 17.0. The fourth-order valence-corrected chi connectivity index (χ4v) is 3.87. The summed E-state index contributed by atoms with van der Waals surface area (Å²) < 4.78 is 1.45. The predicted molar refractivity (Wildman–Crippen MR) is 90.5 cm³/mol. The second kappa shape index (κ2) is 5.66. The lowest BCUT2D eigenvalue weighted by molar-refractivity contribution is 0.0868. The normalized spacial score (nSPS) is 17.1. The van der Waals surface area contributed by atoms with Crippen LogP contribution < -0.4 is 0 Å². The number of aryl methyl sites for hydroxylation is 1. The topological polar surface area (TPSA) is 47.8 Å². The number of hydrogen-bond donors (Lipinski definition) is 0. The zero-order chi connectivity index (χ0) is 15.8. The molecule has 0 radical (unpaired) electrons. The lowest BCUT2D eigenvalue weighted by atomic mass is 10.1. The number of fused-ring (bicyclic) bond motifs is 1. The van der Waals surface area contributed by atoms with Crippen molar-refractivity contribution in [1.29, 1.82) is 0 Å². The highest BCUT2D eigenvalue weighted by Gasteiger charge is 2.30. The molecule has 114 valence electrons. The van der Waals surface area contributed by atoms with E-state index >= 15 is 0 Å². The third-order valence-electron chi connectivity index (χ3n) is 3.87. The lowest BCUT2D eigenvalue weighted by Crippen LogP contribution is -2.20. The Morgan fingerprint density at radius 1 is 1.13 bits per heavy atom. The van der Waals surface area contributed by atoms with Gasteiger partial charge in [-0.05, 0) is 18.6 Å². The molecule has 4 nitrogen and oxygen atoms in total. The van der Waals surface area contributed by atoms with Crippen molar-refractivity contribution >= 4 is 17.7 Å². The number of carbonyl (C=O) groups excluding carboxylic acids is 1. The van der Waals surface area contributed by atoms with E-state index in [1.165, 1.54) is 4.68 Å². The van der Waals surface area contributed by atoms with Crippen LogP contribution in [-0.4, -0.2) is 20.7 Å². The largest absolute Gasteiger partial charge is 0.272 e. The standard InChI is InChI=1S/C18H15N3OS/c1-12-6-5-9-14(10-12)17-19-18-21(20-17)16(22)11-15(23-18)13-7-3-2-4-8-13/h2-10,15H,11H2,1H3. The van der Waals surface area contributed by atoms with Gasteiger partial charge in [-0.1, -0.05) is 65.9 Å². The summed E-state index contributed by atoms with van der Waals surface area (Å²) in [6.45, 7) is 2.03. The summed E-state index contributed by atoms with van der Waals surface area (Å²) in [5.41, 5.74) is 3.24. The molecule has 2 heterocycles. The average molecular weight is 321 g/mol. The van der Waals surface area contributed by atoms with Crippen LogP contribution >= 0.6 is 11.8 Å². The van der Waals surface area contributed by atoms with Crippen molar-refractivity contribution in [2.24, 2.45) is 0 Å². The Morgan fingerprint density at radius 3 is 2.74 bits per heavy atom. The predicted octanol–water partition coefficient (Wildman–Crippen LogP) is 4.13. The van der Waals surface area contributed by atoms with Crippen molar-refractivity contribution < 1.29 is 4.79 Å². The van der Waals surface area contributed by atoms with Crippen molar-refractivity contribution in [3.05, 3.63) is 65.7 Å². The number of carbonyl (C=O) groups is 1. The average Bonchev–Trinajstić information content (AvgIpc) is 3.00. The maximum absolute atomic E-state index is 12.4. The first-order chi connectivity index (χ1) is 11.2. The summed E-state index contributed by atoms with van der Waals surface area (Å²) in [5.74, 6) is 0.609. The first-order valence-electron chi connectivity index (χ1n) is 7.49. The number of aromatic nitrogens is 3. The summed E-state index contributed by atoms with van der Waals surface area (Å²) >= 11 is 1.60. The zero-order valence-corrected chi connectivity index (χ0v) is 13.5. The van der Waals surface area contributed by atoms with Gasteiger partial charge in [0.05, 0.1) is 0 Å². The molecule has 1 aromatic heterocycles. The van der Waals surface area contributed by atoms with Crippen LogP contribution in [0.25, 0.3) is 11.4 Å². The molecule has 0 bridgehead atoms. The van der Waals surface area contributed by atoms with Crippen molar-refractivity contribution in [2.75, 3.05) is 0 Å². The molecular weight excluding hydrogens is 306 g/mol. The molecule has 1 aliphatic rings. The van der Waals surface area contributed by atoms with Crippen molar-refractivity contribution in [2.45, 2.75) is 23.8 Å². The van der Waals surface area contributed by atoms with Crippen LogP contribution in [0, 0.1) is 6.92 Å². The van der Waals surface area contributed by atoms with Crippen LogP contribution in [0.4, 0.5) is 0 Å². The molecular formula is C18H15N3OS. The number of thioether (sulfide) groups is 1. The zero-order valence-electron chi connectivity index (χ0n) is 12.6. The molecule has 1 atom stereocenters. The number of hydrogen-bond acceptors (Lipinski definition) is 4. The first kappa shape index (κ1) is 14.2. The fourth-order valence-electron chi connectivity index (χ4n) is 2.71. The molecule has 23 heavy (non-hydrogen) atoms. The van der Waals surface area contributed by atoms with Gasteiger partial charge in [0.2, 0.25) is 0 Å². The van der Waals surface area contributed by atoms with Gasteiger partial charge in [0.25, 0.3) is 5.91 Å². The number of nitrogens with zero attached hydrogens (tertiary/aromatic N) is 3. The molecule has 0 fully saturated rings. The Bertz CT molecular complexity index is 873. The van der Waals surface area contributed by atoms with Gasteiger partial charge in [-0.25, -0.2) is 4.98 Å². The maximum Gasteiger partial charge on any atom is 0.250 e. The van der Waals surface area contributed by atoms with Gasteiger partial charge in [0.15, 0.2) is 11.0 Å². The van der Waals surface area contributed by atoms with Gasteiger partial charge < -0.3 is 0 Å². The summed E-state index contributed by atoms with van der Waals surface area (Å²) in [7, 11) is 0. The minimum Gasteiger partial charge on any atom is -0.272 e. The van der Waals surface area contributed by atoms with Crippen LogP contribution in [-0.2, 0) is 0 Å². The van der Waals surface area contributed by atoms with Gasteiger partial charge in [-0.15, -0.1) is 5.10 Å². The molecule has 4 rings (SSSR count). The molecule has 2 aromatic carbocycles. The molecule has 0 saturated heterocycles. The molecule has 0 N–H and O–H groups in total. The first-order valence-corrected chi connectivity index (χ1v) is 8.37. The molecule has 3 aromatic rings. The summed E-state index contributed by atoms with van der Waals surface area (Å²) in [5, 5.41) is 5.18. The second-order valence-corrected chi connectivity index (χ2v) is 6.78. The van der Waals surface area contributed by atoms with E-state index in [9.17, 15) is 4.79 Å². The van der Waals surface area contributed by atoms with Gasteiger partial charge >= 0.3 is 0 Å². The summed E-state index contributed by atoms with van der Waals surface area (Å²) in [6.07, 6.45) is 0.443. The molecule has 0 amide bonds. The monoisotopic (exact) mass is 321 g/mol. The highest BCUT2D eigenvalue weighted by atomic mass is 32.2. The van der Waals surface area contributed by atoms with Crippen LogP contribution in [0.1, 0.15) is 27.6 Å². The molecule has 1 aliphatic heterocycles. The molecule has 0 aliphatic carbocycles. The maximum atomic E-state index is 12.4. The van der Waals surface area contributed by atoms with E-state index in [-0.39, 0.29) is 11.2 Å². The highest BCUT2D eigenvalue weighted by molar-refractivity contribution is 7.99. The Kier molecular flexibility index (Phi) is 3.50. The molecule has 5 heteroatoms. The van der Waals surface area contributed by atoms with E-state index in [4.69, 9.17) is 0 Å². The van der Waals surface area contributed by atoms with E-state index in [0.29, 0.717) is 17.4 Å².